The lowest BCUT2D eigenvalue weighted by atomic mass is 10.1. The topological polar surface area (TPSA) is 74.6 Å². The van der Waals surface area contributed by atoms with Crippen molar-refractivity contribution in [2.24, 2.45) is 0 Å². The van der Waals surface area contributed by atoms with E-state index in [0.717, 1.165) is 5.39 Å². The molecule has 0 bridgehead atoms. The van der Waals surface area contributed by atoms with Gasteiger partial charge in [-0.05, 0) is 23.1 Å². The van der Waals surface area contributed by atoms with Crippen LogP contribution < -0.4 is 0 Å². The molecule has 0 spiro atoms. The molecule has 0 amide bonds. The van der Waals surface area contributed by atoms with Crippen molar-refractivity contribution in [3.63, 3.8) is 0 Å². The Bertz CT molecular complexity index is 1040. The molecule has 1 heterocycles. The van der Waals surface area contributed by atoms with Crippen LogP contribution in [0.1, 0.15) is 10.8 Å². The molecule has 0 aromatic heterocycles. The Morgan fingerprint density at radius 2 is 1.54 bits per heavy atom. The third-order valence-corrected chi connectivity index (χ3v) is 8.66. The van der Waals surface area contributed by atoms with Gasteiger partial charge in [0.05, 0.1) is 15.5 Å². The van der Waals surface area contributed by atoms with Gasteiger partial charge in [0, 0.05) is 5.39 Å². The second-order valence-corrected chi connectivity index (χ2v) is 10.1. The van der Waals surface area contributed by atoms with E-state index in [1.54, 1.807) is 48.5 Å². The Morgan fingerprint density at radius 1 is 0.875 bits per heavy atom. The van der Waals surface area contributed by atoms with E-state index in [1.165, 1.54) is 0 Å². The van der Waals surface area contributed by atoms with E-state index in [1.807, 2.05) is 18.2 Å². The van der Waals surface area contributed by atoms with Gasteiger partial charge in [0.1, 0.15) is 5.25 Å². The molecule has 1 atom stereocenters. The van der Waals surface area contributed by atoms with Crippen LogP contribution in [0, 0.1) is 0 Å². The fourth-order valence-corrected chi connectivity index (χ4v) is 7.92. The Hall–Kier alpha value is -1.86. The average molecular weight is 360 g/mol. The fourth-order valence-electron chi connectivity index (χ4n) is 3.29. The first-order valence-corrected chi connectivity index (χ1v) is 10.7. The summed E-state index contributed by atoms with van der Waals surface area (Å²) in [6, 6.07) is 19.2. The second-order valence-electron chi connectivity index (χ2n) is 5.88. The highest BCUT2D eigenvalue weighted by Crippen LogP contribution is 2.61. The number of hydrogen-bond donors (Lipinski definition) is 2. The van der Waals surface area contributed by atoms with Crippen molar-refractivity contribution >= 4 is 31.2 Å². The Balaban J connectivity index is 1.93. The van der Waals surface area contributed by atoms with Gasteiger partial charge in [-0.3, -0.25) is 9.11 Å². The largest absolute Gasteiger partial charge is 0.295 e. The molecule has 0 aliphatic carbocycles. The molecular formula is C18H16O4S2. The van der Waals surface area contributed by atoms with E-state index < -0.39 is 25.7 Å². The third kappa shape index (κ3) is 2.26. The maximum Gasteiger partial charge on any atom is 0.187 e. The Kier molecular flexibility index (Phi) is 3.47. The number of hydrogen-bond acceptors (Lipinski definition) is 4. The summed E-state index contributed by atoms with van der Waals surface area (Å²) in [4.78, 5) is 0.580. The van der Waals surface area contributed by atoms with Gasteiger partial charge in [-0.1, -0.05) is 54.6 Å². The molecule has 3 aromatic rings. The first-order chi connectivity index (χ1) is 11.4. The number of benzene rings is 3. The predicted molar refractivity (Wildman–Crippen MR) is 96.3 cm³/mol. The van der Waals surface area contributed by atoms with Crippen LogP contribution >= 0.6 is 10.6 Å². The maximum absolute atomic E-state index is 13.3. The van der Waals surface area contributed by atoms with Gasteiger partial charge in [0.25, 0.3) is 0 Å². The molecular weight excluding hydrogens is 344 g/mol. The molecule has 2 N–H and O–H groups in total. The molecule has 3 aromatic carbocycles. The highest BCUT2D eigenvalue weighted by Gasteiger charge is 2.43. The molecule has 1 aliphatic heterocycles. The van der Waals surface area contributed by atoms with Crippen LogP contribution in [0.2, 0.25) is 0 Å². The summed E-state index contributed by atoms with van der Waals surface area (Å²) in [7, 11) is -6.83. The van der Waals surface area contributed by atoms with Crippen molar-refractivity contribution in [2.75, 3.05) is 5.75 Å². The van der Waals surface area contributed by atoms with Crippen LogP contribution in [0.5, 0.6) is 0 Å². The zero-order valence-electron chi connectivity index (χ0n) is 12.7. The lowest BCUT2D eigenvalue weighted by molar-refractivity contribution is 0.491. The first kappa shape index (κ1) is 15.7. The SMILES string of the molecule is O=S(=O)(c1cccc2ccccc12)C1CS(O)(O)c2ccccc21. The van der Waals surface area contributed by atoms with Gasteiger partial charge >= 0.3 is 0 Å². The van der Waals surface area contributed by atoms with E-state index >= 15 is 0 Å². The smallest absolute Gasteiger partial charge is 0.187 e. The standard InChI is InChI=1S/C18H16O4S2/c19-23(20)12-18(15-9-3-4-10-16(15)23)24(21,22)17-11-5-7-13-6-1-2-8-14(13)17/h1-11,18-20H,12H2. The van der Waals surface area contributed by atoms with Crippen molar-refractivity contribution < 1.29 is 17.5 Å². The molecule has 4 rings (SSSR count). The van der Waals surface area contributed by atoms with Crippen LogP contribution in [-0.4, -0.2) is 23.3 Å². The number of fused-ring (bicyclic) bond motifs is 2. The predicted octanol–water partition coefficient (Wildman–Crippen LogP) is 4.48. The highest BCUT2D eigenvalue weighted by atomic mass is 32.3. The van der Waals surface area contributed by atoms with Gasteiger partial charge in [-0.25, -0.2) is 8.42 Å². The minimum Gasteiger partial charge on any atom is -0.295 e. The summed E-state index contributed by atoms with van der Waals surface area (Å²) in [6.07, 6.45) is 0. The molecule has 24 heavy (non-hydrogen) atoms. The molecule has 0 saturated carbocycles. The van der Waals surface area contributed by atoms with Crippen LogP contribution in [0.3, 0.4) is 0 Å². The molecule has 0 fully saturated rings. The minimum atomic E-state index is -3.75. The van der Waals surface area contributed by atoms with E-state index in [2.05, 4.69) is 0 Å². The summed E-state index contributed by atoms with van der Waals surface area (Å²) < 4.78 is 47.2. The third-order valence-electron chi connectivity index (χ3n) is 4.43. The molecule has 0 radical (unpaired) electrons. The average Bonchev–Trinajstić information content (AvgIpc) is 2.87. The molecule has 6 heteroatoms. The van der Waals surface area contributed by atoms with E-state index in [-0.39, 0.29) is 10.6 Å². The summed E-state index contributed by atoms with van der Waals surface area (Å²) in [5.74, 6) is -0.183. The van der Waals surface area contributed by atoms with E-state index in [4.69, 9.17) is 0 Å². The van der Waals surface area contributed by atoms with Crippen LogP contribution in [0.25, 0.3) is 10.8 Å². The normalized spacial score (nSPS) is 20.7. The first-order valence-electron chi connectivity index (χ1n) is 7.48. The van der Waals surface area contributed by atoms with Gasteiger partial charge < -0.3 is 0 Å². The quantitative estimate of drug-likeness (QED) is 0.707. The highest BCUT2D eigenvalue weighted by molar-refractivity contribution is 8.25. The van der Waals surface area contributed by atoms with E-state index in [9.17, 15) is 17.5 Å². The van der Waals surface area contributed by atoms with Crippen molar-refractivity contribution in [3.05, 3.63) is 72.3 Å². The minimum absolute atomic E-state index is 0.183. The summed E-state index contributed by atoms with van der Waals surface area (Å²) in [5.41, 5.74) is 0.491. The summed E-state index contributed by atoms with van der Waals surface area (Å²) in [6.45, 7) is 0. The lowest BCUT2D eigenvalue weighted by Crippen LogP contribution is -2.15. The zero-order valence-corrected chi connectivity index (χ0v) is 14.3. The Labute approximate surface area is 142 Å². The number of sulfone groups is 1. The van der Waals surface area contributed by atoms with Crippen molar-refractivity contribution in [3.8, 4) is 0 Å². The van der Waals surface area contributed by atoms with Crippen LogP contribution in [0.15, 0.2) is 76.5 Å². The molecule has 124 valence electrons. The van der Waals surface area contributed by atoms with Crippen LogP contribution in [-0.2, 0) is 9.84 Å². The summed E-state index contributed by atoms with van der Waals surface area (Å²) >= 11 is 0. The summed E-state index contributed by atoms with van der Waals surface area (Å²) in [5, 5.41) is 0.557. The zero-order chi connectivity index (χ0) is 16.9. The van der Waals surface area contributed by atoms with Crippen LogP contribution in [0.4, 0.5) is 0 Å². The van der Waals surface area contributed by atoms with Gasteiger partial charge in [-0.2, -0.15) is 10.6 Å². The Morgan fingerprint density at radius 3 is 2.38 bits per heavy atom. The van der Waals surface area contributed by atoms with Crippen molar-refractivity contribution in [1.29, 1.82) is 0 Å². The van der Waals surface area contributed by atoms with Gasteiger partial charge in [0.15, 0.2) is 9.84 Å². The molecule has 1 unspecified atom stereocenters. The van der Waals surface area contributed by atoms with Gasteiger partial charge in [-0.15, -0.1) is 0 Å². The lowest BCUT2D eigenvalue weighted by Gasteiger charge is -2.27. The van der Waals surface area contributed by atoms with Crippen molar-refractivity contribution in [2.45, 2.75) is 15.0 Å². The molecule has 1 aliphatic rings. The maximum atomic E-state index is 13.3. The van der Waals surface area contributed by atoms with Crippen molar-refractivity contribution in [1.82, 2.24) is 0 Å². The van der Waals surface area contributed by atoms with Gasteiger partial charge in [0.2, 0.25) is 0 Å². The number of rotatable bonds is 2. The van der Waals surface area contributed by atoms with E-state index in [0.29, 0.717) is 15.8 Å². The molecule has 4 nitrogen and oxygen atoms in total. The monoisotopic (exact) mass is 360 g/mol. The second kappa shape index (κ2) is 5.32. The molecule has 0 saturated heterocycles. The fraction of sp³-hybridized carbons (Fsp3) is 0.111.